The van der Waals surface area contributed by atoms with Crippen LogP contribution in [-0.4, -0.2) is 0 Å². The Kier molecular flexibility index (Phi) is 4.28. The number of pyridine rings is 1. The molecule has 2 heteroatoms. The van der Waals surface area contributed by atoms with Gasteiger partial charge < -0.3 is 4.57 Å². The summed E-state index contributed by atoms with van der Waals surface area (Å²) in [5.74, 6) is 0. The van der Waals surface area contributed by atoms with Crippen molar-refractivity contribution in [1.82, 2.24) is 0 Å². The van der Waals surface area contributed by atoms with E-state index < -0.39 is 0 Å². The quantitative estimate of drug-likeness (QED) is 0.523. The predicted molar refractivity (Wildman–Crippen MR) is 61.1 cm³/mol. The van der Waals surface area contributed by atoms with Crippen LogP contribution < -0.4 is 4.57 Å². The molecule has 1 nitrogen and oxygen atoms in total. The second-order valence-corrected chi connectivity index (χ2v) is 3.84. The van der Waals surface area contributed by atoms with E-state index in [-0.39, 0.29) is 20.1 Å². The fourth-order valence-electron chi connectivity index (χ4n) is 1.60. The molecule has 85 valence electrons. The Balaban J connectivity index is 0.00000128. The van der Waals surface area contributed by atoms with E-state index in [1.807, 2.05) is 29.0 Å². The number of aromatic nitrogens is 1. The van der Waals surface area contributed by atoms with Crippen molar-refractivity contribution in [2.75, 3.05) is 0 Å². The van der Waals surface area contributed by atoms with Crippen molar-refractivity contribution in [3.8, 4) is 11.3 Å². The van der Waals surface area contributed by atoms with Crippen molar-refractivity contribution in [1.29, 1.82) is 0 Å². The molecule has 0 saturated carbocycles. The Morgan fingerprint density at radius 2 is 1.81 bits per heavy atom. The topological polar surface area (TPSA) is 3.88 Å². The van der Waals surface area contributed by atoms with E-state index in [4.69, 9.17) is 0 Å². The van der Waals surface area contributed by atoms with Gasteiger partial charge in [-0.2, -0.15) is 0 Å². The Morgan fingerprint density at radius 3 is 2.50 bits per heavy atom. The van der Waals surface area contributed by atoms with Crippen molar-refractivity contribution < 1.29 is 24.7 Å². The van der Waals surface area contributed by atoms with Crippen LogP contribution in [0.1, 0.15) is 11.1 Å². The van der Waals surface area contributed by atoms with E-state index in [0.717, 1.165) is 11.3 Å². The molecule has 0 bridgehead atoms. The fourth-order valence-corrected chi connectivity index (χ4v) is 1.60. The van der Waals surface area contributed by atoms with Gasteiger partial charge in [0, 0.05) is 27.2 Å². The fraction of sp³-hybridized carbons (Fsp3) is 0.143. The number of hydrogen-bond acceptors (Lipinski definition) is 0. The van der Waals surface area contributed by atoms with Crippen molar-refractivity contribution in [2.24, 2.45) is 0 Å². The van der Waals surface area contributed by atoms with Gasteiger partial charge in [-0.25, -0.2) is 0 Å². The maximum Gasteiger partial charge on any atom is 0.115 e. The maximum atomic E-state index is 3.96. The molecule has 0 N–H and O–H groups in total. The molecule has 1 aromatic carbocycles. The second kappa shape index (κ2) is 5.29. The summed E-state index contributed by atoms with van der Waals surface area (Å²) in [4.78, 5) is 0. The van der Waals surface area contributed by atoms with Gasteiger partial charge in [-0.1, -0.05) is 24.1 Å². The third kappa shape index (κ3) is 2.72. The number of hydrogen-bond donors (Lipinski definition) is 0. The molecule has 0 aliphatic rings. The number of aryl methyl sites for hydroxylation is 2. The monoisotopic (exact) mass is 389 g/mol. The number of benzene rings is 1. The van der Waals surface area contributed by atoms with Crippen LogP contribution in [0.5, 0.6) is 0 Å². The van der Waals surface area contributed by atoms with Crippen molar-refractivity contribution in [2.45, 2.75) is 13.8 Å². The molecule has 0 fully saturated rings. The summed E-state index contributed by atoms with van der Waals surface area (Å²) >= 11 is 0. The molecule has 0 amide bonds. The van der Waals surface area contributed by atoms with Crippen LogP contribution in [0.25, 0.3) is 11.3 Å². The molecule has 1 radical (unpaired) electrons. The van der Waals surface area contributed by atoms with E-state index in [2.05, 4.69) is 39.1 Å². The van der Waals surface area contributed by atoms with Crippen LogP contribution >= 0.6 is 0 Å². The summed E-state index contributed by atoms with van der Waals surface area (Å²) in [6.07, 6.45) is 1.97. The second-order valence-electron chi connectivity index (χ2n) is 3.84. The molecule has 0 atom stereocenters. The van der Waals surface area contributed by atoms with Crippen molar-refractivity contribution >= 4 is 0 Å². The van der Waals surface area contributed by atoms with Crippen molar-refractivity contribution in [3.05, 3.63) is 60.8 Å². The maximum absolute atomic E-state index is 3.96. The SMILES string of the molecule is [CH2-][n+]1ccc(C)cc1-c1[c-]ccc(C)c1.[Ir]. The number of rotatable bonds is 1. The van der Waals surface area contributed by atoms with E-state index >= 15 is 0 Å². The van der Waals surface area contributed by atoms with Gasteiger partial charge in [-0.3, -0.25) is 0 Å². The molecule has 1 aromatic heterocycles. The van der Waals surface area contributed by atoms with Gasteiger partial charge in [-0.05, 0) is 13.0 Å². The predicted octanol–water partition coefficient (Wildman–Crippen LogP) is 2.70. The van der Waals surface area contributed by atoms with E-state index in [0.29, 0.717) is 0 Å². The summed E-state index contributed by atoms with van der Waals surface area (Å²) in [7, 11) is 3.96. The van der Waals surface area contributed by atoms with Gasteiger partial charge in [0.25, 0.3) is 0 Å². The Labute approximate surface area is 110 Å². The first-order valence-electron chi connectivity index (χ1n) is 4.99. The molecule has 0 aliphatic carbocycles. The molecule has 16 heavy (non-hydrogen) atoms. The van der Waals surface area contributed by atoms with Gasteiger partial charge >= 0.3 is 0 Å². The molecule has 2 rings (SSSR count). The molecular weight excluding hydrogens is 374 g/mol. The molecule has 0 spiro atoms. The summed E-state index contributed by atoms with van der Waals surface area (Å²) in [5, 5.41) is 0. The largest absolute Gasteiger partial charge is 0.321 e. The molecule has 0 unspecified atom stereocenters. The Bertz CT molecular complexity index is 492. The first-order valence-corrected chi connectivity index (χ1v) is 4.99. The molecule has 0 saturated heterocycles. The van der Waals surface area contributed by atoms with Crippen LogP contribution in [0.4, 0.5) is 0 Å². The standard InChI is InChI=1S/C14H14N.Ir/c1-11-5-4-6-13(9-11)14-10-12(2)7-8-15(14)3;/h4-5,7-10H,3H2,1-2H3;/q-1;. The van der Waals surface area contributed by atoms with Crippen LogP contribution in [0, 0.1) is 27.0 Å². The third-order valence-corrected chi connectivity index (χ3v) is 2.42. The summed E-state index contributed by atoms with van der Waals surface area (Å²) < 4.78 is 1.87. The average molecular weight is 388 g/mol. The van der Waals surface area contributed by atoms with E-state index in [9.17, 15) is 0 Å². The molecule has 0 aliphatic heterocycles. The summed E-state index contributed by atoms with van der Waals surface area (Å²) in [5.41, 5.74) is 4.66. The minimum atomic E-state index is 0. The van der Waals surface area contributed by atoms with Crippen molar-refractivity contribution in [3.63, 3.8) is 0 Å². The zero-order valence-electron chi connectivity index (χ0n) is 9.45. The minimum Gasteiger partial charge on any atom is -0.321 e. The van der Waals surface area contributed by atoms with Gasteiger partial charge in [0.15, 0.2) is 0 Å². The molecule has 1 heterocycles. The van der Waals surface area contributed by atoms with Gasteiger partial charge in [0.2, 0.25) is 0 Å². The average Bonchev–Trinajstić information content (AvgIpc) is 2.22. The zero-order chi connectivity index (χ0) is 10.8. The first-order chi connectivity index (χ1) is 7.16. The van der Waals surface area contributed by atoms with Gasteiger partial charge in [-0.15, -0.1) is 29.8 Å². The van der Waals surface area contributed by atoms with Crippen LogP contribution in [0.15, 0.2) is 36.5 Å². The molecule has 2 aromatic rings. The first kappa shape index (κ1) is 13.0. The summed E-state index contributed by atoms with van der Waals surface area (Å²) in [6, 6.07) is 13.5. The van der Waals surface area contributed by atoms with Gasteiger partial charge in [0.05, 0.1) is 6.20 Å². The zero-order valence-corrected chi connectivity index (χ0v) is 11.8. The molecular formula is C14H14IrN-. The summed E-state index contributed by atoms with van der Waals surface area (Å²) in [6.45, 7) is 4.17. The minimum absolute atomic E-state index is 0. The Hall–Kier alpha value is -1.11. The number of nitrogens with zero attached hydrogens (tertiary/aromatic N) is 1. The van der Waals surface area contributed by atoms with E-state index in [1.54, 1.807) is 0 Å². The van der Waals surface area contributed by atoms with Gasteiger partial charge in [0.1, 0.15) is 5.69 Å². The van der Waals surface area contributed by atoms with E-state index in [1.165, 1.54) is 11.1 Å². The van der Waals surface area contributed by atoms with Crippen LogP contribution in [-0.2, 0) is 20.1 Å². The third-order valence-electron chi connectivity index (χ3n) is 2.42. The smallest absolute Gasteiger partial charge is 0.115 e. The Morgan fingerprint density at radius 1 is 1.12 bits per heavy atom. The van der Waals surface area contributed by atoms with Crippen LogP contribution in [0.3, 0.4) is 0 Å². The van der Waals surface area contributed by atoms with Crippen LogP contribution in [0.2, 0.25) is 0 Å². The normalized spacial score (nSPS) is 9.62.